The van der Waals surface area contributed by atoms with Gasteiger partial charge >= 0.3 is 23.9 Å². The quantitative estimate of drug-likeness (QED) is 0.0850. The Labute approximate surface area is 262 Å². The van der Waals surface area contributed by atoms with Gasteiger partial charge in [0, 0.05) is 29.6 Å². The van der Waals surface area contributed by atoms with Gasteiger partial charge in [-0.2, -0.15) is 16.8 Å². The van der Waals surface area contributed by atoms with E-state index in [1.54, 1.807) is 0 Å². The molecule has 4 N–H and O–H groups in total. The molecule has 233 valence electrons. The van der Waals surface area contributed by atoms with Gasteiger partial charge in [-0.05, 0) is 38.5 Å². The molecule has 2 atom stereocenters. The molecule has 2 rings (SSSR count). The van der Waals surface area contributed by atoms with E-state index in [4.69, 9.17) is 28.8 Å². The van der Waals surface area contributed by atoms with E-state index >= 15 is 0 Å². The van der Waals surface area contributed by atoms with Crippen molar-refractivity contribution in [2.75, 3.05) is 0 Å². The molecular formula is C24H40NaO14S2. The monoisotopic (exact) mass is 639 g/mol. The fraction of sp³-hybridized carbons (Fsp3) is 0.833. The third-order valence-corrected chi connectivity index (χ3v) is 9.94. The number of unbranched alkanes of at least 4 members (excludes halogenated alkanes) is 4. The molecule has 17 heteroatoms. The zero-order valence-corrected chi connectivity index (χ0v) is 27.4. The molecule has 2 fully saturated rings. The number of hydrogen-bond acceptors (Lipinski definition) is 10. The van der Waals surface area contributed by atoms with Crippen LogP contribution in [0, 0.1) is 0 Å². The molecule has 0 spiro atoms. The number of hydrogen-bond donors (Lipinski definition) is 4. The van der Waals surface area contributed by atoms with Crippen molar-refractivity contribution in [1.29, 1.82) is 0 Å². The molecular weight excluding hydrogens is 599 g/mol. The normalized spacial score (nSPS) is 18.0. The number of carboxylic acid groups (broad SMARTS) is 4. The largest absolute Gasteiger partial charge is 0.481 e. The van der Waals surface area contributed by atoms with Crippen LogP contribution in [0.5, 0.6) is 0 Å². The van der Waals surface area contributed by atoms with E-state index in [9.17, 15) is 36.0 Å². The van der Waals surface area contributed by atoms with Crippen LogP contribution in [0.25, 0.3) is 0 Å². The second kappa shape index (κ2) is 17.1. The van der Waals surface area contributed by atoms with E-state index in [0.29, 0.717) is 38.5 Å². The minimum Gasteiger partial charge on any atom is -0.481 e. The minimum absolute atomic E-state index is 0. The molecule has 14 nitrogen and oxygen atoms in total. The van der Waals surface area contributed by atoms with E-state index < -0.39 is 78.7 Å². The van der Waals surface area contributed by atoms with Crippen molar-refractivity contribution in [3.63, 3.8) is 0 Å². The van der Waals surface area contributed by atoms with Gasteiger partial charge in [-0.1, -0.05) is 52.4 Å². The van der Waals surface area contributed by atoms with Gasteiger partial charge in [0.15, 0.2) is 10.5 Å². The summed E-state index contributed by atoms with van der Waals surface area (Å²) in [7, 11) is -8.86. The molecule has 0 aliphatic heterocycles. The van der Waals surface area contributed by atoms with Crippen molar-refractivity contribution in [1.82, 2.24) is 0 Å². The molecule has 0 amide bonds. The summed E-state index contributed by atoms with van der Waals surface area (Å²) in [6.45, 7) is 4.04. The Balaban J connectivity index is 0.000000762. The zero-order chi connectivity index (χ0) is 30.8. The van der Waals surface area contributed by atoms with Crippen molar-refractivity contribution in [2.24, 2.45) is 0 Å². The standard InChI is InChI=1S/2C12H20O7S.Na/c2*1-2-3-4-5-12(6-7-12)19-20(17,18)9(11(15)16)8-10(13)14;/h2*9H,2-8H2,1H3,(H,13,14)(H,15,16);. The number of rotatable bonds is 20. The van der Waals surface area contributed by atoms with E-state index in [-0.39, 0.29) is 29.6 Å². The first-order valence-electron chi connectivity index (χ1n) is 13.2. The van der Waals surface area contributed by atoms with E-state index in [0.717, 1.165) is 38.5 Å². The van der Waals surface area contributed by atoms with Crippen LogP contribution in [0.15, 0.2) is 0 Å². The first-order chi connectivity index (χ1) is 18.4. The molecule has 0 bridgehead atoms. The third-order valence-electron chi connectivity index (χ3n) is 6.64. The zero-order valence-electron chi connectivity index (χ0n) is 23.7. The third kappa shape index (κ3) is 14.1. The van der Waals surface area contributed by atoms with Gasteiger partial charge in [-0.25, -0.2) is 0 Å². The average molecular weight is 640 g/mol. The summed E-state index contributed by atoms with van der Waals surface area (Å²) in [4.78, 5) is 43.0. The van der Waals surface area contributed by atoms with Crippen molar-refractivity contribution < 1.29 is 64.8 Å². The molecule has 0 aromatic carbocycles. The topological polar surface area (TPSA) is 236 Å². The molecule has 0 heterocycles. The maximum Gasteiger partial charge on any atom is 0.325 e. The van der Waals surface area contributed by atoms with Crippen LogP contribution in [0.4, 0.5) is 0 Å². The SMILES string of the molecule is CCCCCC1(OS(=O)(=O)C(CC(=O)O)C(=O)O)CC1.CCCCCC1(OS(=O)(=O)C(CC(=O)O)C(=O)O)CC1.[Na]. The summed E-state index contributed by atoms with van der Waals surface area (Å²) in [5, 5.41) is 30.8. The summed E-state index contributed by atoms with van der Waals surface area (Å²) in [5.41, 5.74) is -1.61. The summed E-state index contributed by atoms with van der Waals surface area (Å²) >= 11 is 0. The molecule has 41 heavy (non-hydrogen) atoms. The Morgan fingerprint density at radius 2 is 0.927 bits per heavy atom. The van der Waals surface area contributed by atoms with Gasteiger partial charge in [-0.15, -0.1) is 0 Å². The van der Waals surface area contributed by atoms with Crippen molar-refractivity contribution in [2.45, 2.75) is 125 Å². The van der Waals surface area contributed by atoms with Crippen LogP contribution >= 0.6 is 0 Å². The molecule has 2 aliphatic carbocycles. The molecule has 0 aromatic rings. The van der Waals surface area contributed by atoms with Crippen molar-refractivity contribution in [3.8, 4) is 0 Å². The van der Waals surface area contributed by atoms with Crippen molar-refractivity contribution in [3.05, 3.63) is 0 Å². The molecule has 0 aromatic heterocycles. The number of aliphatic carboxylic acids is 4. The first kappa shape index (κ1) is 39.7. The predicted octanol–water partition coefficient (Wildman–Crippen LogP) is 2.37. The predicted molar refractivity (Wildman–Crippen MR) is 145 cm³/mol. The van der Waals surface area contributed by atoms with Gasteiger partial charge in [0.25, 0.3) is 20.2 Å². The van der Waals surface area contributed by atoms with Gasteiger partial charge in [0.2, 0.25) is 0 Å². The van der Waals surface area contributed by atoms with E-state index in [2.05, 4.69) is 0 Å². The number of carboxylic acids is 4. The number of carbonyl (C=O) groups is 4. The van der Waals surface area contributed by atoms with Gasteiger partial charge in [-0.3, -0.25) is 27.5 Å². The fourth-order valence-electron chi connectivity index (χ4n) is 3.98. The Bertz CT molecular complexity index is 1020. The fourth-order valence-corrected chi connectivity index (χ4v) is 6.88. The second-order valence-corrected chi connectivity index (χ2v) is 13.7. The Hall–Kier alpha value is -1.30. The average Bonchev–Trinajstić information content (AvgIpc) is 3.74. The van der Waals surface area contributed by atoms with Gasteiger partial charge in [0.05, 0.1) is 24.0 Å². The van der Waals surface area contributed by atoms with Gasteiger partial charge < -0.3 is 20.4 Å². The van der Waals surface area contributed by atoms with Crippen LogP contribution in [-0.2, 0) is 47.8 Å². The van der Waals surface area contributed by atoms with Crippen LogP contribution in [0.2, 0.25) is 0 Å². The Morgan fingerprint density at radius 3 is 1.12 bits per heavy atom. The van der Waals surface area contributed by atoms with Gasteiger partial charge in [0.1, 0.15) is 0 Å². The molecule has 2 unspecified atom stereocenters. The Kier molecular flexibility index (Phi) is 16.6. The summed E-state index contributed by atoms with van der Waals surface area (Å²) in [6.07, 6.45) is 6.86. The van der Waals surface area contributed by atoms with E-state index in [1.165, 1.54) is 0 Å². The molecule has 2 aliphatic rings. The van der Waals surface area contributed by atoms with Crippen LogP contribution in [-0.4, -0.2) is 112 Å². The second-order valence-electron chi connectivity index (χ2n) is 10.3. The van der Waals surface area contributed by atoms with Crippen LogP contribution in [0.1, 0.15) is 104 Å². The summed E-state index contributed by atoms with van der Waals surface area (Å²) < 4.78 is 57.8. The smallest absolute Gasteiger partial charge is 0.325 e. The molecule has 0 saturated heterocycles. The maximum absolute atomic E-state index is 11.9. The maximum atomic E-state index is 11.9. The van der Waals surface area contributed by atoms with E-state index in [1.807, 2.05) is 13.8 Å². The van der Waals surface area contributed by atoms with Crippen LogP contribution in [0.3, 0.4) is 0 Å². The molecule has 2 saturated carbocycles. The minimum atomic E-state index is -4.43. The molecule has 1 radical (unpaired) electrons. The van der Waals surface area contributed by atoms with Crippen LogP contribution < -0.4 is 0 Å². The Morgan fingerprint density at radius 1 is 0.634 bits per heavy atom. The summed E-state index contributed by atoms with van der Waals surface area (Å²) in [6, 6.07) is 0. The van der Waals surface area contributed by atoms with Crippen molar-refractivity contribution >= 4 is 73.7 Å². The first-order valence-corrected chi connectivity index (χ1v) is 16.2. The summed E-state index contributed by atoms with van der Waals surface area (Å²) in [5.74, 6) is -6.37.